The number of piperazine rings is 1. The number of nitrogens with one attached hydrogen (secondary N) is 1. The molecule has 10 nitrogen and oxygen atoms in total. The standard InChI is InChI=1S/C24H27BrN4O6/c25-16-5-4-8-18(13-16)35-19-14-20(22(30)26-34)21(29(15-19)24(32)33)23(31)28-11-9-27(10-12-28)17-6-2-1-3-7-17/h1-8,13,19-21,34H,9-12,14-15H2,(H,26,30)(H,32,33)/t19?,20?,21-/m0/s1. The summed E-state index contributed by atoms with van der Waals surface area (Å²) in [5.74, 6) is -1.88. The Balaban J connectivity index is 1.51. The molecule has 0 bridgehead atoms. The maximum absolute atomic E-state index is 13.5. The summed E-state index contributed by atoms with van der Waals surface area (Å²) in [5.41, 5.74) is 2.65. The number of piperidine rings is 1. The molecule has 35 heavy (non-hydrogen) atoms. The molecule has 2 aliphatic heterocycles. The molecule has 11 heteroatoms. The number of carboxylic acid groups (broad SMARTS) is 1. The Hall–Kier alpha value is -3.31. The van der Waals surface area contributed by atoms with Crippen molar-refractivity contribution in [3.63, 3.8) is 0 Å². The van der Waals surface area contributed by atoms with Gasteiger partial charge in [0.1, 0.15) is 17.9 Å². The van der Waals surface area contributed by atoms with E-state index in [1.165, 1.54) is 0 Å². The highest BCUT2D eigenvalue weighted by Crippen LogP contribution is 2.30. The number of likely N-dealkylation sites (tertiary alicyclic amines) is 1. The molecule has 2 aromatic rings. The number of para-hydroxylation sites is 1. The molecule has 3 atom stereocenters. The van der Waals surface area contributed by atoms with Crippen LogP contribution in [0.15, 0.2) is 59.1 Å². The summed E-state index contributed by atoms with van der Waals surface area (Å²) in [6.07, 6.45) is -1.94. The van der Waals surface area contributed by atoms with E-state index in [1.54, 1.807) is 28.6 Å². The van der Waals surface area contributed by atoms with E-state index >= 15 is 0 Å². The first kappa shape index (κ1) is 24.8. The smallest absolute Gasteiger partial charge is 0.408 e. The summed E-state index contributed by atoms with van der Waals surface area (Å²) in [6, 6.07) is 15.6. The van der Waals surface area contributed by atoms with Crippen molar-refractivity contribution in [3.8, 4) is 5.75 Å². The van der Waals surface area contributed by atoms with Crippen LogP contribution in [0.2, 0.25) is 0 Å². The van der Waals surface area contributed by atoms with Crippen molar-refractivity contribution in [2.75, 3.05) is 37.6 Å². The quantitative estimate of drug-likeness (QED) is 0.388. The second kappa shape index (κ2) is 11.0. The summed E-state index contributed by atoms with van der Waals surface area (Å²) in [6.45, 7) is 1.87. The fraction of sp³-hybridized carbons (Fsp3) is 0.375. The molecule has 4 rings (SSSR count). The molecule has 3 amide bonds. The first-order chi connectivity index (χ1) is 16.9. The van der Waals surface area contributed by atoms with Crippen molar-refractivity contribution in [3.05, 3.63) is 59.1 Å². The van der Waals surface area contributed by atoms with E-state index < -0.39 is 36.0 Å². The number of ether oxygens (including phenoxy) is 1. The molecule has 2 saturated heterocycles. The lowest BCUT2D eigenvalue weighted by Crippen LogP contribution is -2.64. The number of hydrogen-bond donors (Lipinski definition) is 3. The minimum Gasteiger partial charge on any atom is -0.489 e. The second-order valence-corrected chi connectivity index (χ2v) is 9.46. The highest BCUT2D eigenvalue weighted by Gasteiger charge is 2.48. The predicted octanol–water partition coefficient (Wildman–Crippen LogP) is 2.42. The van der Waals surface area contributed by atoms with Gasteiger partial charge in [0.15, 0.2) is 0 Å². The first-order valence-electron chi connectivity index (χ1n) is 11.3. The van der Waals surface area contributed by atoms with Gasteiger partial charge in [-0.3, -0.25) is 19.7 Å². The van der Waals surface area contributed by atoms with Gasteiger partial charge in [0.05, 0.1) is 12.5 Å². The van der Waals surface area contributed by atoms with Crippen LogP contribution in [0.1, 0.15) is 6.42 Å². The van der Waals surface area contributed by atoms with Crippen molar-refractivity contribution in [1.82, 2.24) is 15.3 Å². The summed E-state index contributed by atoms with van der Waals surface area (Å²) in [5, 5.41) is 19.3. The van der Waals surface area contributed by atoms with E-state index in [9.17, 15) is 24.7 Å². The monoisotopic (exact) mass is 546 g/mol. The van der Waals surface area contributed by atoms with E-state index in [-0.39, 0.29) is 13.0 Å². The van der Waals surface area contributed by atoms with Crippen LogP contribution in [0.5, 0.6) is 5.75 Å². The molecule has 2 aliphatic rings. The zero-order valence-electron chi connectivity index (χ0n) is 18.9. The molecule has 2 aromatic carbocycles. The molecule has 2 unspecified atom stereocenters. The zero-order valence-corrected chi connectivity index (χ0v) is 20.5. The van der Waals surface area contributed by atoms with Crippen LogP contribution < -0.4 is 15.1 Å². The van der Waals surface area contributed by atoms with Gasteiger partial charge in [-0.15, -0.1) is 0 Å². The van der Waals surface area contributed by atoms with Crippen molar-refractivity contribution in [2.45, 2.75) is 18.6 Å². The number of carbonyl (C=O) groups is 3. The molecule has 0 spiro atoms. The van der Waals surface area contributed by atoms with Gasteiger partial charge in [0.25, 0.3) is 0 Å². The highest BCUT2D eigenvalue weighted by molar-refractivity contribution is 9.10. The summed E-state index contributed by atoms with van der Waals surface area (Å²) in [4.78, 5) is 43.0. The zero-order chi connectivity index (χ0) is 24.9. The van der Waals surface area contributed by atoms with Gasteiger partial charge in [0, 0.05) is 42.8 Å². The van der Waals surface area contributed by atoms with Gasteiger partial charge in [-0.05, 0) is 30.3 Å². The van der Waals surface area contributed by atoms with E-state index in [2.05, 4.69) is 20.8 Å². The predicted molar refractivity (Wildman–Crippen MR) is 130 cm³/mol. The van der Waals surface area contributed by atoms with Crippen molar-refractivity contribution >= 4 is 39.5 Å². The Labute approximate surface area is 211 Å². The average molecular weight is 547 g/mol. The SMILES string of the molecule is O=C(NO)C1CC(Oc2cccc(Br)c2)CN(C(=O)O)[C@@H]1C(=O)N1CCN(c2ccccc2)CC1. The third-order valence-corrected chi connectivity index (χ3v) is 6.88. The minimum absolute atomic E-state index is 0.0725. The number of hydrogen-bond acceptors (Lipinski definition) is 6. The lowest BCUT2D eigenvalue weighted by molar-refractivity contribution is -0.150. The minimum atomic E-state index is -1.33. The third-order valence-electron chi connectivity index (χ3n) is 6.39. The highest BCUT2D eigenvalue weighted by atomic mass is 79.9. The van der Waals surface area contributed by atoms with Crippen LogP contribution in [-0.2, 0) is 9.59 Å². The Morgan fingerprint density at radius 3 is 2.34 bits per heavy atom. The number of carbonyl (C=O) groups excluding carboxylic acids is 2. The topological polar surface area (TPSA) is 123 Å². The first-order valence-corrected chi connectivity index (χ1v) is 12.1. The third kappa shape index (κ3) is 5.68. The van der Waals surface area contributed by atoms with Gasteiger partial charge < -0.3 is 19.6 Å². The van der Waals surface area contributed by atoms with Crippen molar-refractivity contribution in [1.29, 1.82) is 0 Å². The maximum Gasteiger partial charge on any atom is 0.408 e. The average Bonchev–Trinajstić information content (AvgIpc) is 2.88. The van der Waals surface area contributed by atoms with Gasteiger partial charge in [0.2, 0.25) is 11.8 Å². The van der Waals surface area contributed by atoms with Crippen LogP contribution >= 0.6 is 15.9 Å². The molecule has 2 heterocycles. The fourth-order valence-corrected chi connectivity index (χ4v) is 5.08. The van der Waals surface area contributed by atoms with Crippen LogP contribution in [0.4, 0.5) is 10.5 Å². The van der Waals surface area contributed by atoms with Gasteiger partial charge >= 0.3 is 6.09 Å². The molecule has 3 N–H and O–H groups in total. The number of benzene rings is 2. The Kier molecular flexibility index (Phi) is 7.76. The van der Waals surface area contributed by atoms with Crippen molar-refractivity contribution < 1.29 is 29.4 Å². The largest absolute Gasteiger partial charge is 0.489 e. The number of nitrogens with zero attached hydrogens (tertiary/aromatic N) is 3. The summed E-state index contributed by atoms with van der Waals surface area (Å²) in [7, 11) is 0. The lowest BCUT2D eigenvalue weighted by atomic mass is 9.86. The number of amides is 3. The Morgan fingerprint density at radius 2 is 1.71 bits per heavy atom. The van der Waals surface area contributed by atoms with E-state index in [1.807, 2.05) is 36.4 Å². The van der Waals surface area contributed by atoms with Gasteiger partial charge in [-0.25, -0.2) is 10.3 Å². The summed E-state index contributed by atoms with van der Waals surface area (Å²) < 4.78 is 6.74. The molecule has 2 fully saturated rings. The number of halogens is 1. The van der Waals surface area contributed by atoms with Crippen LogP contribution in [0.3, 0.4) is 0 Å². The van der Waals surface area contributed by atoms with E-state index in [4.69, 9.17) is 4.74 Å². The fourth-order valence-electron chi connectivity index (χ4n) is 4.70. The molecule has 0 saturated carbocycles. The molecule has 0 aliphatic carbocycles. The Bertz CT molecular complexity index is 1060. The molecule has 0 radical (unpaired) electrons. The molecule has 0 aromatic heterocycles. The number of rotatable bonds is 5. The van der Waals surface area contributed by atoms with Crippen LogP contribution in [0, 0.1) is 5.92 Å². The molecular formula is C24H27BrN4O6. The van der Waals surface area contributed by atoms with Crippen molar-refractivity contribution in [2.24, 2.45) is 5.92 Å². The van der Waals surface area contributed by atoms with Crippen LogP contribution in [0.25, 0.3) is 0 Å². The molecule has 186 valence electrons. The number of hydroxylamine groups is 1. The lowest BCUT2D eigenvalue weighted by Gasteiger charge is -2.44. The van der Waals surface area contributed by atoms with Gasteiger partial charge in [-0.2, -0.15) is 0 Å². The van der Waals surface area contributed by atoms with E-state index in [0.29, 0.717) is 31.9 Å². The van der Waals surface area contributed by atoms with E-state index in [0.717, 1.165) is 15.1 Å². The molecular weight excluding hydrogens is 520 g/mol. The maximum atomic E-state index is 13.5. The summed E-state index contributed by atoms with van der Waals surface area (Å²) >= 11 is 3.36. The number of anilines is 1. The Morgan fingerprint density at radius 1 is 1.00 bits per heavy atom. The van der Waals surface area contributed by atoms with Crippen LogP contribution in [-0.4, -0.2) is 82.9 Å². The second-order valence-electron chi connectivity index (χ2n) is 8.54. The van der Waals surface area contributed by atoms with Gasteiger partial charge in [-0.1, -0.05) is 40.2 Å². The normalized spacial score (nSPS) is 22.5.